The number of carbonyl (C=O) groups is 1. The van der Waals surface area contributed by atoms with E-state index >= 15 is 0 Å². The molecule has 0 atom stereocenters. The SMILES string of the molecule is O=C(Nc1ccccc1)c1nc(-n2nc(C(F)(F)F)cc2-c2ccc(Cl)cc2)ccc1Cl. The first-order chi connectivity index (χ1) is 15.2. The van der Waals surface area contributed by atoms with Crippen LogP contribution in [0.2, 0.25) is 10.0 Å². The molecule has 4 rings (SSSR count). The van der Waals surface area contributed by atoms with E-state index in [0.717, 1.165) is 10.7 Å². The molecule has 0 fully saturated rings. The van der Waals surface area contributed by atoms with Crippen molar-refractivity contribution in [1.29, 1.82) is 0 Å². The molecule has 0 aliphatic carbocycles. The minimum atomic E-state index is -4.67. The second kappa shape index (κ2) is 8.64. The molecule has 0 aliphatic rings. The third kappa shape index (κ3) is 4.61. The van der Waals surface area contributed by atoms with Crippen molar-refractivity contribution in [3.05, 3.63) is 94.2 Å². The van der Waals surface area contributed by atoms with Gasteiger partial charge in [-0.05, 0) is 42.5 Å². The normalized spacial score (nSPS) is 11.4. The first-order valence-corrected chi connectivity index (χ1v) is 9.94. The summed E-state index contributed by atoms with van der Waals surface area (Å²) in [7, 11) is 0. The number of rotatable bonds is 4. The van der Waals surface area contributed by atoms with E-state index in [1.807, 2.05) is 0 Å². The highest BCUT2D eigenvalue weighted by Gasteiger charge is 2.35. The van der Waals surface area contributed by atoms with Crippen LogP contribution < -0.4 is 5.32 Å². The van der Waals surface area contributed by atoms with E-state index in [2.05, 4.69) is 15.4 Å². The summed E-state index contributed by atoms with van der Waals surface area (Å²) in [6, 6.07) is 18.5. The molecule has 1 amide bonds. The lowest BCUT2D eigenvalue weighted by molar-refractivity contribution is -0.141. The van der Waals surface area contributed by atoms with Gasteiger partial charge in [0.2, 0.25) is 0 Å². The van der Waals surface area contributed by atoms with Gasteiger partial charge in [0, 0.05) is 16.3 Å². The van der Waals surface area contributed by atoms with Crippen LogP contribution in [0, 0.1) is 0 Å². The van der Waals surface area contributed by atoms with Gasteiger partial charge < -0.3 is 5.32 Å². The molecule has 0 unspecified atom stereocenters. The summed E-state index contributed by atoms with van der Waals surface area (Å²) in [4.78, 5) is 16.9. The molecule has 2 aromatic heterocycles. The summed E-state index contributed by atoms with van der Waals surface area (Å²) in [5.74, 6) is -0.618. The fourth-order valence-electron chi connectivity index (χ4n) is 2.94. The highest BCUT2D eigenvalue weighted by atomic mass is 35.5. The quantitative estimate of drug-likeness (QED) is 0.365. The molecule has 162 valence electrons. The van der Waals surface area contributed by atoms with Gasteiger partial charge in [0.05, 0.1) is 10.7 Å². The number of nitrogens with one attached hydrogen (secondary N) is 1. The number of aromatic nitrogens is 3. The van der Waals surface area contributed by atoms with Crippen molar-refractivity contribution >= 4 is 34.8 Å². The van der Waals surface area contributed by atoms with E-state index < -0.39 is 17.8 Å². The van der Waals surface area contributed by atoms with E-state index in [1.165, 1.54) is 12.1 Å². The first kappa shape index (κ1) is 21.9. The molecule has 5 nitrogen and oxygen atoms in total. The summed E-state index contributed by atoms with van der Waals surface area (Å²) >= 11 is 12.0. The fraction of sp³-hybridized carbons (Fsp3) is 0.0455. The van der Waals surface area contributed by atoms with Gasteiger partial charge in [-0.3, -0.25) is 4.79 Å². The number of benzene rings is 2. The molecular weight excluding hydrogens is 464 g/mol. The summed E-state index contributed by atoms with van der Waals surface area (Å²) in [5.41, 5.74) is -0.183. The predicted molar refractivity (Wildman–Crippen MR) is 116 cm³/mol. The molecule has 0 spiro atoms. The van der Waals surface area contributed by atoms with Gasteiger partial charge in [0.1, 0.15) is 5.69 Å². The zero-order valence-corrected chi connectivity index (χ0v) is 17.6. The lowest BCUT2D eigenvalue weighted by Crippen LogP contribution is -2.16. The van der Waals surface area contributed by atoms with Crippen molar-refractivity contribution in [2.45, 2.75) is 6.18 Å². The number of hydrogen-bond donors (Lipinski definition) is 1. The van der Waals surface area contributed by atoms with Gasteiger partial charge in [0.15, 0.2) is 11.5 Å². The highest BCUT2D eigenvalue weighted by Crippen LogP contribution is 2.33. The van der Waals surface area contributed by atoms with Crippen LogP contribution in [0.3, 0.4) is 0 Å². The minimum Gasteiger partial charge on any atom is -0.321 e. The third-order valence-corrected chi connectivity index (χ3v) is 4.99. The second-order valence-electron chi connectivity index (χ2n) is 6.65. The molecule has 0 saturated heterocycles. The van der Waals surface area contributed by atoms with Crippen molar-refractivity contribution in [1.82, 2.24) is 14.8 Å². The van der Waals surface area contributed by atoms with Crippen molar-refractivity contribution in [2.24, 2.45) is 0 Å². The molecule has 10 heteroatoms. The Hall–Kier alpha value is -3.36. The van der Waals surface area contributed by atoms with Crippen LogP contribution in [0.1, 0.15) is 16.2 Å². The second-order valence-corrected chi connectivity index (χ2v) is 7.49. The number of para-hydroxylation sites is 1. The van der Waals surface area contributed by atoms with E-state index in [1.54, 1.807) is 54.6 Å². The van der Waals surface area contributed by atoms with Crippen LogP contribution in [-0.2, 0) is 6.18 Å². The number of carbonyl (C=O) groups excluding carboxylic acids is 1. The Bertz CT molecular complexity index is 1270. The maximum absolute atomic E-state index is 13.4. The number of nitrogens with zero attached hydrogens (tertiary/aromatic N) is 3. The number of halogens is 5. The summed E-state index contributed by atoms with van der Waals surface area (Å²) in [6.07, 6.45) is -4.67. The topological polar surface area (TPSA) is 59.8 Å². The van der Waals surface area contributed by atoms with Crippen LogP contribution >= 0.6 is 23.2 Å². The van der Waals surface area contributed by atoms with Gasteiger partial charge in [0.25, 0.3) is 5.91 Å². The van der Waals surface area contributed by atoms with Gasteiger partial charge in [-0.1, -0.05) is 53.5 Å². The van der Waals surface area contributed by atoms with E-state index in [4.69, 9.17) is 23.2 Å². The maximum atomic E-state index is 13.4. The van der Waals surface area contributed by atoms with Crippen LogP contribution in [-0.4, -0.2) is 20.7 Å². The molecule has 2 aromatic carbocycles. The average Bonchev–Trinajstić information content (AvgIpc) is 3.21. The van der Waals surface area contributed by atoms with E-state index in [0.29, 0.717) is 16.3 Å². The number of alkyl halides is 3. The van der Waals surface area contributed by atoms with Crippen LogP contribution in [0.25, 0.3) is 17.1 Å². The van der Waals surface area contributed by atoms with E-state index in [9.17, 15) is 18.0 Å². The smallest absolute Gasteiger partial charge is 0.321 e. The number of hydrogen-bond acceptors (Lipinski definition) is 3. The molecule has 0 radical (unpaired) electrons. The van der Waals surface area contributed by atoms with Gasteiger partial charge >= 0.3 is 6.18 Å². The Balaban J connectivity index is 1.79. The molecule has 0 bridgehead atoms. The lowest BCUT2D eigenvalue weighted by Gasteiger charge is -2.10. The van der Waals surface area contributed by atoms with Crippen molar-refractivity contribution in [2.75, 3.05) is 5.32 Å². The summed E-state index contributed by atoms with van der Waals surface area (Å²) in [5, 5.41) is 6.81. The molecule has 1 N–H and O–H groups in total. The molecule has 4 aromatic rings. The number of amides is 1. The van der Waals surface area contributed by atoms with Crippen molar-refractivity contribution in [3.63, 3.8) is 0 Å². The van der Waals surface area contributed by atoms with Crippen LogP contribution in [0.5, 0.6) is 0 Å². The predicted octanol–water partition coefficient (Wildman–Crippen LogP) is 6.51. The number of anilines is 1. The molecule has 0 aliphatic heterocycles. The van der Waals surface area contributed by atoms with Crippen LogP contribution in [0.15, 0.2) is 72.8 Å². The fourth-order valence-corrected chi connectivity index (χ4v) is 3.26. The Kier molecular flexibility index (Phi) is 5.90. The molecular formula is C22H13Cl2F3N4O. The zero-order chi connectivity index (χ0) is 22.9. The van der Waals surface area contributed by atoms with Gasteiger partial charge in [-0.25, -0.2) is 9.67 Å². The van der Waals surface area contributed by atoms with Crippen LogP contribution in [0.4, 0.5) is 18.9 Å². The Morgan fingerprint density at radius 2 is 1.62 bits per heavy atom. The first-order valence-electron chi connectivity index (χ1n) is 9.19. The number of pyridine rings is 1. The van der Waals surface area contributed by atoms with Gasteiger partial charge in [-0.2, -0.15) is 18.3 Å². The monoisotopic (exact) mass is 476 g/mol. The molecule has 2 heterocycles. The average molecular weight is 477 g/mol. The minimum absolute atomic E-state index is 0.00642. The van der Waals surface area contributed by atoms with Crippen molar-refractivity contribution < 1.29 is 18.0 Å². The third-order valence-electron chi connectivity index (χ3n) is 4.43. The van der Waals surface area contributed by atoms with E-state index in [-0.39, 0.29) is 22.2 Å². The molecule has 0 saturated carbocycles. The lowest BCUT2D eigenvalue weighted by atomic mass is 10.1. The molecule has 32 heavy (non-hydrogen) atoms. The van der Waals surface area contributed by atoms with Gasteiger partial charge in [-0.15, -0.1) is 0 Å². The Morgan fingerprint density at radius 1 is 0.938 bits per heavy atom. The highest BCUT2D eigenvalue weighted by molar-refractivity contribution is 6.34. The largest absolute Gasteiger partial charge is 0.435 e. The summed E-state index contributed by atoms with van der Waals surface area (Å²) < 4.78 is 41.2. The Labute approximate surface area is 190 Å². The summed E-state index contributed by atoms with van der Waals surface area (Å²) in [6.45, 7) is 0. The van der Waals surface area contributed by atoms with Crippen molar-refractivity contribution in [3.8, 4) is 17.1 Å². The Morgan fingerprint density at radius 3 is 2.28 bits per heavy atom. The standard InChI is InChI=1S/C22H13Cl2F3N4O/c23-14-8-6-13(7-9-14)17-12-18(22(25,26)27)30-31(17)19-11-10-16(24)20(29-19)21(32)28-15-4-2-1-3-5-15/h1-12H,(H,28,32). The maximum Gasteiger partial charge on any atom is 0.435 e. The zero-order valence-electron chi connectivity index (χ0n) is 16.1.